The van der Waals surface area contributed by atoms with E-state index >= 15 is 0 Å². The van der Waals surface area contributed by atoms with E-state index < -0.39 is 5.97 Å². The molecule has 0 saturated heterocycles. The van der Waals surface area contributed by atoms with Crippen molar-refractivity contribution in [1.29, 1.82) is 0 Å². The van der Waals surface area contributed by atoms with Gasteiger partial charge in [-0.25, -0.2) is 9.48 Å². The molecule has 1 heterocycles. The van der Waals surface area contributed by atoms with Crippen molar-refractivity contribution in [2.75, 3.05) is 0 Å². The number of ether oxygens (including phenoxy) is 1. The van der Waals surface area contributed by atoms with Gasteiger partial charge in [-0.1, -0.05) is 52.2 Å². The molecule has 1 saturated carbocycles. The van der Waals surface area contributed by atoms with Crippen molar-refractivity contribution >= 4 is 27.8 Å². The van der Waals surface area contributed by atoms with E-state index in [-0.39, 0.29) is 23.8 Å². The number of nitrogens with one attached hydrogen (secondary N) is 1. The Morgan fingerprint density at radius 1 is 1.18 bits per heavy atom. The molecule has 172 valence electrons. The number of rotatable bonds is 9. The van der Waals surface area contributed by atoms with Crippen molar-refractivity contribution in [2.45, 2.75) is 45.3 Å². The lowest BCUT2D eigenvalue weighted by Gasteiger charge is -2.12. The first-order chi connectivity index (χ1) is 16.0. The summed E-state index contributed by atoms with van der Waals surface area (Å²) in [6.07, 6.45) is 7.04. The number of halogens is 1. The molecule has 2 N–H and O–H groups in total. The Balaban J connectivity index is 1.41. The number of carboxylic acids is 1. The van der Waals surface area contributed by atoms with Crippen molar-refractivity contribution < 1.29 is 19.4 Å². The van der Waals surface area contributed by atoms with Gasteiger partial charge in [-0.05, 0) is 48.6 Å². The molecular formula is C24H25BrN4O4. The fourth-order valence-electron chi connectivity index (χ4n) is 4.05. The first kappa shape index (κ1) is 23.0. The standard InChI is InChI=1S/C24H25BrN4O4/c25-18-9-10-20(24(31)32)22(12-18)33-15-19-14-29(28-27-19)21-8-4-3-7-17(21)13-26-23(30)11-16-5-1-2-6-16/h3-4,7-10,12,14,16H,1-2,5-6,11,13,15H2,(H,26,30)(H,31,32). The predicted octanol–water partition coefficient (Wildman–Crippen LogP) is 4.50. The summed E-state index contributed by atoms with van der Waals surface area (Å²) in [6.45, 7) is 0.477. The average Bonchev–Trinajstić information content (AvgIpc) is 3.48. The van der Waals surface area contributed by atoms with E-state index in [0.717, 1.165) is 28.6 Å². The van der Waals surface area contributed by atoms with Gasteiger partial charge < -0.3 is 15.2 Å². The second-order valence-electron chi connectivity index (χ2n) is 8.15. The molecule has 1 fully saturated rings. The average molecular weight is 513 g/mol. The number of benzene rings is 2. The summed E-state index contributed by atoms with van der Waals surface area (Å²) in [7, 11) is 0. The molecular weight excluding hydrogens is 488 g/mol. The molecule has 9 heteroatoms. The fourth-order valence-corrected chi connectivity index (χ4v) is 4.39. The number of nitrogens with zero attached hydrogens (tertiary/aromatic N) is 3. The van der Waals surface area contributed by atoms with Crippen molar-refractivity contribution in [2.24, 2.45) is 5.92 Å². The number of carbonyl (C=O) groups excluding carboxylic acids is 1. The van der Waals surface area contributed by atoms with Crippen LogP contribution in [-0.4, -0.2) is 32.0 Å². The molecule has 0 bridgehead atoms. The SMILES string of the molecule is O=C(CC1CCCC1)NCc1ccccc1-n1cc(COc2cc(Br)ccc2C(=O)O)nn1. The normalized spacial score (nSPS) is 13.7. The van der Waals surface area contributed by atoms with Crippen LogP contribution in [-0.2, 0) is 17.9 Å². The van der Waals surface area contributed by atoms with Crippen LogP contribution in [0, 0.1) is 5.92 Å². The van der Waals surface area contributed by atoms with Gasteiger partial charge in [0.1, 0.15) is 23.6 Å². The Hall–Kier alpha value is -3.20. The second-order valence-corrected chi connectivity index (χ2v) is 9.06. The Bertz CT molecular complexity index is 1140. The zero-order valence-corrected chi connectivity index (χ0v) is 19.6. The smallest absolute Gasteiger partial charge is 0.339 e. The van der Waals surface area contributed by atoms with Crippen molar-refractivity contribution in [3.63, 3.8) is 0 Å². The topological polar surface area (TPSA) is 106 Å². The summed E-state index contributed by atoms with van der Waals surface area (Å²) in [5, 5.41) is 20.7. The Kier molecular flexibility index (Phi) is 7.39. The minimum absolute atomic E-state index is 0.0665. The number of hydrogen-bond donors (Lipinski definition) is 2. The van der Waals surface area contributed by atoms with Gasteiger partial charge >= 0.3 is 5.97 Å². The summed E-state index contributed by atoms with van der Waals surface area (Å²) >= 11 is 3.33. The third kappa shape index (κ3) is 5.98. The number of para-hydroxylation sites is 1. The molecule has 0 unspecified atom stereocenters. The van der Waals surface area contributed by atoms with Gasteiger partial charge in [0, 0.05) is 17.4 Å². The van der Waals surface area contributed by atoms with Gasteiger partial charge in [0.05, 0.1) is 11.9 Å². The highest BCUT2D eigenvalue weighted by atomic mass is 79.9. The minimum Gasteiger partial charge on any atom is -0.486 e. The van der Waals surface area contributed by atoms with Gasteiger partial charge in [-0.3, -0.25) is 4.79 Å². The molecule has 1 aromatic heterocycles. The van der Waals surface area contributed by atoms with Crippen LogP contribution >= 0.6 is 15.9 Å². The lowest BCUT2D eigenvalue weighted by molar-refractivity contribution is -0.122. The summed E-state index contributed by atoms with van der Waals surface area (Å²) in [5.41, 5.74) is 2.36. The van der Waals surface area contributed by atoms with E-state index in [1.54, 1.807) is 23.0 Å². The van der Waals surface area contributed by atoms with Crippen LogP contribution in [0.1, 0.15) is 53.7 Å². The maximum atomic E-state index is 12.3. The first-order valence-electron chi connectivity index (χ1n) is 10.9. The third-order valence-corrected chi connectivity index (χ3v) is 6.25. The maximum Gasteiger partial charge on any atom is 0.339 e. The Labute approximate surface area is 200 Å². The molecule has 0 aliphatic heterocycles. The van der Waals surface area contributed by atoms with Crippen LogP contribution in [0.25, 0.3) is 5.69 Å². The van der Waals surface area contributed by atoms with Crippen molar-refractivity contribution in [3.8, 4) is 11.4 Å². The quantitative estimate of drug-likeness (QED) is 0.437. The highest BCUT2D eigenvalue weighted by Gasteiger charge is 2.18. The molecule has 0 atom stereocenters. The molecule has 0 spiro atoms. The lowest BCUT2D eigenvalue weighted by Crippen LogP contribution is -2.25. The summed E-state index contributed by atoms with van der Waals surface area (Å²) < 4.78 is 8.06. The molecule has 3 aromatic rings. The van der Waals surface area contributed by atoms with E-state index in [9.17, 15) is 14.7 Å². The van der Waals surface area contributed by atoms with Crippen LogP contribution in [0.2, 0.25) is 0 Å². The summed E-state index contributed by atoms with van der Waals surface area (Å²) in [6, 6.07) is 12.4. The molecule has 1 aliphatic carbocycles. The zero-order chi connectivity index (χ0) is 23.2. The Morgan fingerprint density at radius 3 is 2.76 bits per heavy atom. The largest absolute Gasteiger partial charge is 0.486 e. The summed E-state index contributed by atoms with van der Waals surface area (Å²) in [4.78, 5) is 23.8. The van der Waals surface area contributed by atoms with Gasteiger partial charge in [-0.15, -0.1) is 5.10 Å². The molecule has 4 rings (SSSR count). The molecule has 33 heavy (non-hydrogen) atoms. The van der Waals surface area contributed by atoms with E-state index in [2.05, 4.69) is 31.6 Å². The lowest BCUT2D eigenvalue weighted by atomic mass is 10.0. The van der Waals surface area contributed by atoms with E-state index in [1.165, 1.54) is 18.9 Å². The highest BCUT2D eigenvalue weighted by molar-refractivity contribution is 9.10. The number of carboxylic acid groups (broad SMARTS) is 1. The van der Waals surface area contributed by atoms with Gasteiger partial charge in [0.25, 0.3) is 0 Å². The van der Waals surface area contributed by atoms with Crippen molar-refractivity contribution in [3.05, 3.63) is 70.0 Å². The van der Waals surface area contributed by atoms with Crippen LogP contribution in [0.3, 0.4) is 0 Å². The Morgan fingerprint density at radius 2 is 1.97 bits per heavy atom. The van der Waals surface area contributed by atoms with E-state index in [1.807, 2.05) is 24.3 Å². The van der Waals surface area contributed by atoms with Gasteiger partial charge in [0.2, 0.25) is 5.91 Å². The third-order valence-electron chi connectivity index (χ3n) is 5.75. The zero-order valence-electron chi connectivity index (χ0n) is 18.0. The molecule has 1 amide bonds. The molecule has 2 aromatic carbocycles. The van der Waals surface area contributed by atoms with Crippen LogP contribution < -0.4 is 10.1 Å². The second kappa shape index (κ2) is 10.6. The number of aromatic carboxylic acids is 1. The fraction of sp³-hybridized carbons (Fsp3) is 0.333. The van der Waals surface area contributed by atoms with Crippen LogP contribution in [0.15, 0.2) is 53.1 Å². The molecule has 8 nitrogen and oxygen atoms in total. The molecule has 0 radical (unpaired) electrons. The number of aromatic nitrogens is 3. The van der Waals surface area contributed by atoms with Gasteiger partial charge in [-0.2, -0.15) is 0 Å². The van der Waals surface area contributed by atoms with Crippen LogP contribution in [0.4, 0.5) is 0 Å². The van der Waals surface area contributed by atoms with Gasteiger partial charge in [0.15, 0.2) is 0 Å². The van der Waals surface area contributed by atoms with Crippen LogP contribution in [0.5, 0.6) is 5.75 Å². The maximum absolute atomic E-state index is 12.3. The van der Waals surface area contributed by atoms with E-state index in [0.29, 0.717) is 24.6 Å². The summed E-state index contributed by atoms with van der Waals surface area (Å²) in [5.74, 6) is -0.237. The first-order valence-corrected chi connectivity index (χ1v) is 11.7. The number of carbonyl (C=O) groups is 2. The highest BCUT2D eigenvalue weighted by Crippen LogP contribution is 2.27. The van der Waals surface area contributed by atoms with E-state index in [4.69, 9.17) is 4.74 Å². The minimum atomic E-state index is -1.06. The van der Waals surface area contributed by atoms with Crippen molar-refractivity contribution in [1.82, 2.24) is 20.3 Å². The number of hydrogen-bond acceptors (Lipinski definition) is 5. The molecule has 1 aliphatic rings. The number of amides is 1. The predicted molar refractivity (Wildman–Crippen MR) is 125 cm³/mol. The monoisotopic (exact) mass is 512 g/mol.